The average molecular weight is 250 g/mol. The van der Waals surface area contributed by atoms with Crippen molar-refractivity contribution in [1.82, 2.24) is 0 Å². The van der Waals surface area contributed by atoms with Gasteiger partial charge in [0.2, 0.25) is 0 Å². The van der Waals surface area contributed by atoms with E-state index in [4.69, 9.17) is 0 Å². The number of aliphatic hydroxyl groups excluding tert-OH is 2. The van der Waals surface area contributed by atoms with Crippen LogP contribution in [0.2, 0.25) is 0 Å². The number of rotatable bonds is 4. The first-order chi connectivity index (χ1) is 8.18. The third-order valence-corrected chi connectivity index (χ3v) is 2.98. The number of aliphatic hydroxyl groups is 2. The van der Waals surface area contributed by atoms with Crippen molar-refractivity contribution >= 4 is 0 Å². The van der Waals surface area contributed by atoms with E-state index in [1.165, 1.54) is 5.56 Å². The zero-order valence-electron chi connectivity index (χ0n) is 12.2. The van der Waals surface area contributed by atoms with Crippen molar-refractivity contribution in [3.63, 3.8) is 0 Å². The summed E-state index contributed by atoms with van der Waals surface area (Å²) in [5.41, 5.74) is 3.64. The van der Waals surface area contributed by atoms with Crippen LogP contribution in [0.15, 0.2) is 18.2 Å². The van der Waals surface area contributed by atoms with Gasteiger partial charge in [0.25, 0.3) is 0 Å². The number of hydrogen-bond donors (Lipinski definition) is 2. The zero-order valence-corrected chi connectivity index (χ0v) is 12.2. The Bertz CT molecular complexity index is 358. The molecule has 0 aliphatic rings. The van der Waals surface area contributed by atoms with E-state index in [-0.39, 0.29) is 17.6 Å². The first kappa shape index (κ1) is 15.2. The maximum absolute atomic E-state index is 9.52. The van der Waals surface area contributed by atoms with E-state index in [0.29, 0.717) is 12.8 Å². The van der Waals surface area contributed by atoms with Crippen LogP contribution in [0.1, 0.15) is 51.3 Å². The van der Waals surface area contributed by atoms with Gasteiger partial charge in [-0.1, -0.05) is 39.0 Å². The monoisotopic (exact) mass is 250 g/mol. The molecule has 1 rings (SSSR count). The standard InChI is InChI=1S/C16H26O2/c1-11(17)6-13-8-14(7-12(2)18)10-15(9-13)16(3,4)5/h8-12,17-18H,6-7H2,1-5H3. The maximum Gasteiger partial charge on any atom is 0.0552 e. The van der Waals surface area contributed by atoms with Crippen molar-refractivity contribution in [3.05, 3.63) is 34.9 Å². The van der Waals surface area contributed by atoms with Crippen LogP contribution < -0.4 is 0 Å². The minimum absolute atomic E-state index is 0.0855. The summed E-state index contributed by atoms with van der Waals surface area (Å²) in [6, 6.07) is 6.42. The van der Waals surface area contributed by atoms with Gasteiger partial charge in [0.1, 0.15) is 0 Å². The molecule has 0 fully saturated rings. The van der Waals surface area contributed by atoms with E-state index < -0.39 is 0 Å². The highest BCUT2D eigenvalue weighted by Crippen LogP contribution is 2.25. The third kappa shape index (κ3) is 4.79. The summed E-state index contributed by atoms with van der Waals surface area (Å²) in [7, 11) is 0. The van der Waals surface area contributed by atoms with Crippen molar-refractivity contribution in [3.8, 4) is 0 Å². The number of hydrogen-bond acceptors (Lipinski definition) is 2. The molecule has 102 valence electrons. The Balaban J connectivity index is 3.11. The maximum atomic E-state index is 9.52. The first-order valence-corrected chi connectivity index (χ1v) is 6.68. The van der Waals surface area contributed by atoms with E-state index in [0.717, 1.165) is 11.1 Å². The van der Waals surface area contributed by atoms with Gasteiger partial charge < -0.3 is 10.2 Å². The molecule has 0 radical (unpaired) electrons. The lowest BCUT2D eigenvalue weighted by molar-refractivity contribution is 0.194. The van der Waals surface area contributed by atoms with Crippen LogP contribution in [0.4, 0.5) is 0 Å². The lowest BCUT2D eigenvalue weighted by Gasteiger charge is -2.22. The Morgan fingerprint density at radius 3 is 1.56 bits per heavy atom. The molecule has 0 saturated heterocycles. The van der Waals surface area contributed by atoms with Gasteiger partial charge in [-0.3, -0.25) is 0 Å². The lowest BCUT2D eigenvalue weighted by atomic mass is 9.84. The summed E-state index contributed by atoms with van der Waals surface area (Å²) in [4.78, 5) is 0. The Hall–Kier alpha value is -0.860. The van der Waals surface area contributed by atoms with E-state index in [9.17, 15) is 10.2 Å². The second kappa shape index (κ2) is 5.85. The predicted octanol–water partition coefficient (Wildman–Crippen LogP) is 2.83. The van der Waals surface area contributed by atoms with Gasteiger partial charge in [0.15, 0.2) is 0 Å². The fraction of sp³-hybridized carbons (Fsp3) is 0.625. The molecule has 0 spiro atoms. The summed E-state index contributed by atoms with van der Waals surface area (Å²) in [5, 5.41) is 19.0. The highest BCUT2D eigenvalue weighted by atomic mass is 16.3. The van der Waals surface area contributed by atoms with Crippen molar-refractivity contribution in [2.45, 2.75) is 65.1 Å². The molecule has 1 aromatic carbocycles. The molecule has 2 unspecified atom stereocenters. The molecule has 0 heterocycles. The normalized spacial score (nSPS) is 15.5. The van der Waals surface area contributed by atoms with E-state index in [1.807, 2.05) is 0 Å². The summed E-state index contributed by atoms with van der Waals surface area (Å²) in [6.07, 6.45) is 0.659. The lowest BCUT2D eigenvalue weighted by Crippen LogP contribution is -2.15. The van der Waals surface area contributed by atoms with Crippen LogP contribution in [0.25, 0.3) is 0 Å². The fourth-order valence-electron chi connectivity index (χ4n) is 2.11. The molecule has 2 heteroatoms. The van der Waals surface area contributed by atoms with Crippen LogP contribution in [-0.2, 0) is 18.3 Å². The molecular formula is C16H26O2. The van der Waals surface area contributed by atoms with Crippen LogP contribution >= 0.6 is 0 Å². The van der Waals surface area contributed by atoms with Crippen molar-refractivity contribution in [1.29, 1.82) is 0 Å². The van der Waals surface area contributed by atoms with Gasteiger partial charge in [-0.25, -0.2) is 0 Å². The molecule has 0 aliphatic carbocycles. The third-order valence-electron chi connectivity index (χ3n) is 2.98. The van der Waals surface area contributed by atoms with E-state index in [1.54, 1.807) is 13.8 Å². The molecule has 0 saturated carbocycles. The average Bonchev–Trinajstić information content (AvgIpc) is 2.13. The summed E-state index contributed by atoms with van der Waals surface area (Å²) >= 11 is 0. The highest BCUT2D eigenvalue weighted by Gasteiger charge is 2.16. The minimum Gasteiger partial charge on any atom is -0.393 e. The van der Waals surface area contributed by atoms with Crippen molar-refractivity contribution < 1.29 is 10.2 Å². The molecular weight excluding hydrogens is 224 g/mol. The van der Waals surface area contributed by atoms with E-state index >= 15 is 0 Å². The Morgan fingerprint density at radius 2 is 1.28 bits per heavy atom. The van der Waals surface area contributed by atoms with Gasteiger partial charge in [-0.2, -0.15) is 0 Å². The molecule has 0 amide bonds. The molecule has 2 atom stereocenters. The van der Waals surface area contributed by atoms with Crippen molar-refractivity contribution in [2.24, 2.45) is 0 Å². The second-order valence-corrected chi connectivity index (χ2v) is 6.39. The van der Waals surface area contributed by atoms with Gasteiger partial charge >= 0.3 is 0 Å². The molecule has 1 aromatic rings. The van der Waals surface area contributed by atoms with Gasteiger partial charge in [-0.05, 0) is 48.8 Å². The smallest absolute Gasteiger partial charge is 0.0552 e. The fourth-order valence-corrected chi connectivity index (χ4v) is 2.11. The highest BCUT2D eigenvalue weighted by molar-refractivity contribution is 5.34. The predicted molar refractivity (Wildman–Crippen MR) is 75.9 cm³/mol. The number of benzene rings is 1. The quantitative estimate of drug-likeness (QED) is 0.862. The summed E-state index contributed by atoms with van der Waals surface area (Å²) in [5.74, 6) is 0. The van der Waals surface area contributed by atoms with Gasteiger partial charge in [0.05, 0.1) is 12.2 Å². The first-order valence-electron chi connectivity index (χ1n) is 6.68. The summed E-state index contributed by atoms with van der Waals surface area (Å²) < 4.78 is 0. The van der Waals surface area contributed by atoms with Crippen LogP contribution in [0.3, 0.4) is 0 Å². The Kier molecular flexibility index (Phi) is 4.94. The molecule has 18 heavy (non-hydrogen) atoms. The molecule has 0 aliphatic heterocycles. The van der Waals surface area contributed by atoms with Crippen LogP contribution in [-0.4, -0.2) is 22.4 Å². The molecule has 2 N–H and O–H groups in total. The van der Waals surface area contributed by atoms with Gasteiger partial charge in [-0.15, -0.1) is 0 Å². The van der Waals surface area contributed by atoms with Gasteiger partial charge in [0, 0.05) is 0 Å². The summed E-state index contributed by atoms with van der Waals surface area (Å²) in [6.45, 7) is 10.2. The molecule has 0 aromatic heterocycles. The zero-order chi connectivity index (χ0) is 13.9. The van der Waals surface area contributed by atoms with E-state index in [2.05, 4.69) is 39.0 Å². The molecule has 2 nitrogen and oxygen atoms in total. The van der Waals surface area contributed by atoms with Crippen LogP contribution in [0.5, 0.6) is 0 Å². The molecule has 0 bridgehead atoms. The minimum atomic E-state index is -0.334. The largest absolute Gasteiger partial charge is 0.393 e. The Labute approximate surface area is 111 Å². The Morgan fingerprint density at radius 1 is 0.889 bits per heavy atom. The topological polar surface area (TPSA) is 40.5 Å². The van der Waals surface area contributed by atoms with Crippen LogP contribution in [0, 0.1) is 0 Å². The second-order valence-electron chi connectivity index (χ2n) is 6.39. The van der Waals surface area contributed by atoms with Crippen molar-refractivity contribution in [2.75, 3.05) is 0 Å². The SMILES string of the molecule is CC(O)Cc1cc(CC(C)O)cc(C(C)(C)C)c1.